The molecule has 3 nitrogen and oxygen atoms in total. The first-order valence-electron chi connectivity index (χ1n) is 6.99. The molecule has 0 fully saturated rings. The predicted octanol–water partition coefficient (Wildman–Crippen LogP) is 4.10. The van der Waals surface area contributed by atoms with Crippen molar-refractivity contribution in [1.29, 1.82) is 0 Å². The lowest BCUT2D eigenvalue weighted by Crippen LogP contribution is -2.30. The molecule has 1 aromatic heterocycles. The number of amides is 1. The molecule has 2 aromatic rings. The molecule has 110 valence electrons. The fraction of sp³-hybridized carbons (Fsp3) is 0.312. The zero-order chi connectivity index (χ0) is 15.0. The number of nitrogens with two attached hydrogens (primary N) is 1. The number of anilines is 1. The number of thiophene rings is 1. The van der Waals surface area contributed by atoms with E-state index in [2.05, 4.69) is 5.32 Å². The minimum absolute atomic E-state index is 0.0420. The highest BCUT2D eigenvalue weighted by molar-refractivity contribution is 7.13. The summed E-state index contributed by atoms with van der Waals surface area (Å²) in [7, 11) is 0. The molecule has 0 saturated heterocycles. The van der Waals surface area contributed by atoms with Crippen LogP contribution in [0, 0.1) is 6.92 Å². The van der Waals surface area contributed by atoms with Gasteiger partial charge >= 0.3 is 0 Å². The Balaban J connectivity index is 1.83. The molecule has 3 rings (SSSR count). The van der Waals surface area contributed by atoms with Crippen LogP contribution in [0.2, 0.25) is 5.02 Å². The molecule has 21 heavy (non-hydrogen) atoms. The normalized spacial score (nSPS) is 17.3. The van der Waals surface area contributed by atoms with E-state index in [1.54, 1.807) is 0 Å². The van der Waals surface area contributed by atoms with E-state index in [1.807, 2.05) is 30.5 Å². The summed E-state index contributed by atoms with van der Waals surface area (Å²) in [6.07, 6.45) is 3.02. The van der Waals surface area contributed by atoms with E-state index in [0.29, 0.717) is 9.90 Å². The minimum Gasteiger partial charge on any atom is -0.399 e. The highest BCUT2D eigenvalue weighted by atomic mass is 35.5. The van der Waals surface area contributed by atoms with Gasteiger partial charge in [0.15, 0.2) is 0 Å². The molecule has 1 atom stereocenters. The lowest BCUT2D eigenvalue weighted by molar-refractivity contribution is 0.0937. The summed E-state index contributed by atoms with van der Waals surface area (Å²) in [5.74, 6) is -0.0900. The standard InChI is InChI=1S/C16H17ClN2OS/c1-9-8-21-15(14(9)17)16(20)19-13-4-2-3-10-7-11(18)5-6-12(10)13/h5-8,13H,2-4,18H2,1H3,(H,19,20). The minimum atomic E-state index is -0.0900. The number of rotatable bonds is 2. The van der Waals surface area contributed by atoms with Crippen LogP contribution in [0.3, 0.4) is 0 Å². The largest absolute Gasteiger partial charge is 0.399 e. The molecule has 1 heterocycles. The number of nitrogens with one attached hydrogen (secondary N) is 1. The Bertz CT molecular complexity index is 696. The van der Waals surface area contributed by atoms with Crippen LogP contribution < -0.4 is 11.1 Å². The summed E-state index contributed by atoms with van der Waals surface area (Å²) in [6, 6.07) is 5.97. The van der Waals surface area contributed by atoms with Gasteiger partial charge in [0.25, 0.3) is 5.91 Å². The van der Waals surface area contributed by atoms with Gasteiger partial charge in [0, 0.05) is 5.69 Å². The van der Waals surface area contributed by atoms with E-state index in [0.717, 1.165) is 30.5 Å². The number of nitrogen functional groups attached to an aromatic ring is 1. The van der Waals surface area contributed by atoms with Gasteiger partial charge in [-0.25, -0.2) is 0 Å². The molecule has 0 radical (unpaired) electrons. The van der Waals surface area contributed by atoms with E-state index in [9.17, 15) is 4.79 Å². The molecule has 0 saturated carbocycles. The van der Waals surface area contributed by atoms with Gasteiger partial charge in [-0.3, -0.25) is 4.79 Å². The summed E-state index contributed by atoms with van der Waals surface area (Å²) >= 11 is 7.57. The maximum atomic E-state index is 12.4. The number of hydrogen-bond donors (Lipinski definition) is 2. The fourth-order valence-electron chi connectivity index (χ4n) is 2.79. The van der Waals surface area contributed by atoms with Gasteiger partial charge in [-0.05, 0) is 60.4 Å². The van der Waals surface area contributed by atoms with E-state index in [1.165, 1.54) is 22.5 Å². The molecule has 0 aliphatic heterocycles. The van der Waals surface area contributed by atoms with Crippen LogP contribution in [0.25, 0.3) is 0 Å². The molecule has 0 bridgehead atoms. The SMILES string of the molecule is Cc1csc(C(=O)NC2CCCc3cc(N)ccc32)c1Cl. The molecule has 1 unspecified atom stereocenters. The lowest BCUT2D eigenvalue weighted by Gasteiger charge is -2.26. The summed E-state index contributed by atoms with van der Waals surface area (Å²) in [5, 5.41) is 5.58. The number of fused-ring (bicyclic) bond motifs is 1. The van der Waals surface area contributed by atoms with Gasteiger partial charge < -0.3 is 11.1 Å². The number of carbonyl (C=O) groups excluding carboxylic acids is 1. The fourth-order valence-corrected chi connectivity index (χ4v) is 3.97. The van der Waals surface area contributed by atoms with Crippen LogP contribution in [-0.2, 0) is 6.42 Å². The number of hydrogen-bond acceptors (Lipinski definition) is 3. The van der Waals surface area contributed by atoms with Crippen LogP contribution in [0.5, 0.6) is 0 Å². The summed E-state index contributed by atoms with van der Waals surface area (Å²) in [4.78, 5) is 13.0. The average Bonchev–Trinajstić information content (AvgIpc) is 2.79. The van der Waals surface area contributed by atoms with Crippen LogP contribution in [0.1, 0.15) is 45.2 Å². The number of halogens is 1. The Morgan fingerprint density at radius 3 is 3.00 bits per heavy atom. The first-order valence-corrected chi connectivity index (χ1v) is 8.25. The zero-order valence-corrected chi connectivity index (χ0v) is 13.4. The van der Waals surface area contributed by atoms with Crippen molar-refractivity contribution >= 4 is 34.5 Å². The first kappa shape index (κ1) is 14.4. The molecular formula is C16H17ClN2OS. The maximum Gasteiger partial charge on any atom is 0.263 e. The molecule has 3 N–H and O–H groups in total. The van der Waals surface area contributed by atoms with Crippen LogP contribution in [0.4, 0.5) is 5.69 Å². The van der Waals surface area contributed by atoms with Gasteiger partial charge in [-0.15, -0.1) is 11.3 Å². The van der Waals surface area contributed by atoms with E-state index in [4.69, 9.17) is 17.3 Å². The highest BCUT2D eigenvalue weighted by Crippen LogP contribution is 2.32. The quantitative estimate of drug-likeness (QED) is 0.818. The second-order valence-corrected chi connectivity index (χ2v) is 6.70. The highest BCUT2D eigenvalue weighted by Gasteiger charge is 2.24. The van der Waals surface area contributed by atoms with E-state index < -0.39 is 0 Å². The van der Waals surface area contributed by atoms with Gasteiger partial charge in [-0.1, -0.05) is 17.7 Å². The monoisotopic (exact) mass is 320 g/mol. The van der Waals surface area contributed by atoms with Crippen molar-refractivity contribution in [2.45, 2.75) is 32.2 Å². The van der Waals surface area contributed by atoms with Crippen molar-refractivity contribution < 1.29 is 4.79 Å². The molecule has 1 amide bonds. The molecule has 1 aromatic carbocycles. The molecule has 1 aliphatic carbocycles. The average molecular weight is 321 g/mol. The van der Waals surface area contributed by atoms with Gasteiger partial charge in [0.05, 0.1) is 11.1 Å². The van der Waals surface area contributed by atoms with Crippen molar-refractivity contribution in [1.82, 2.24) is 5.32 Å². The summed E-state index contributed by atoms with van der Waals surface area (Å²) < 4.78 is 0. The zero-order valence-electron chi connectivity index (χ0n) is 11.8. The van der Waals surface area contributed by atoms with Crippen molar-refractivity contribution in [2.75, 3.05) is 5.73 Å². The Hall–Kier alpha value is -1.52. The van der Waals surface area contributed by atoms with Gasteiger partial charge in [-0.2, -0.15) is 0 Å². The molecule has 0 spiro atoms. The van der Waals surface area contributed by atoms with Crippen molar-refractivity contribution in [3.05, 3.63) is 50.2 Å². The van der Waals surface area contributed by atoms with Crippen molar-refractivity contribution in [3.8, 4) is 0 Å². The molecular weight excluding hydrogens is 304 g/mol. The number of aryl methyl sites for hydroxylation is 2. The third-order valence-corrected chi connectivity index (χ3v) is 5.59. The summed E-state index contributed by atoms with van der Waals surface area (Å²) in [6.45, 7) is 1.91. The molecule has 1 aliphatic rings. The van der Waals surface area contributed by atoms with Crippen molar-refractivity contribution in [2.24, 2.45) is 0 Å². The Morgan fingerprint density at radius 1 is 1.48 bits per heavy atom. The van der Waals surface area contributed by atoms with E-state index >= 15 is 0 Å². The van der Waals surface area contributed by atoms with Crippen LogP contribution in [0.15, 0.2) is 23.6 Å². The Kier molecular flexibility index (Phi) is 3.91. The second-order valence-electron chi connectivity index (χ2n) is 5.44. The number of benzene rings is 1. The Morgan fingerprint density at radius 2 is 2.29 bits per heavy atom. The summed E-state index contributed by atoms with van der Waals surface area (Å²) in [5.41, 5.74) is 9.97. The lowest BCUT2D eigenvalue weighted by atomic mass is 9.87. The van der Waals surface area contributed by atoms with E-state index in [-0.39, 0.29) is 11.9 Å². The third-order valence-electron chi connectivity index (χ3n) is 3.89. The van der Waals surface area contributed by atoms with Gasteiger partial charge in [0.2, 0.25) is 0 Å². The first-order chi connectivity index (χ1) is 10.1. The topological polar surface area (TPSA) is 55.1 Å². The second kappa shape index (κ2) is 5.70. The van der Waals surface area contributed by atoms with Crippen LogP contribution in [-0.4, -0.2) is 5.91 Å². The predicted molar refractivity (Wildman–Crippen MR) is 88.1 cm³/mol. The Labute approximate surface area is 133 Å². The molecule has 5 heteroatoms. The van der Waals surface area contributed by atoms with Crippen LogP contribution >= 0.6 is 22.9 Å². The van der Waals surface area contributed by atoms with Crippen molar-refractivity contribution in [3.63, 3.8) is 0 Å². The van der Waals surface area contributed by atoms with Gasteiger partial charge in [0.1, 0.15) is 4.88 Å². The maximum absolute atomic E-state index is 12.4. The number of carbonyl (C=O) groups is 1. The smallest absolute Gasteiger partial charge is 0.263 e. The third kappa shape index (κ3) is 2.78.